The molecule has 2 rings (SSSR count). The van der Waals surface area contributed by atoms with E-state index >= 15 is 0 Å². The van der Waals surface area contributed by atoms with Gasteiger partial charge in [-0.1, -0.05) is 22.9 Å². The Morgan fingerprint density at radius 1 is 1.45 bits per heavy atom. The van der Waals surface area contributed by atoms with Gasteiger partial charge in [0.05, 0.1) is 10.7 Å². The number of thiazole rings is 1. The first-order valence-electron chi connectivity index (χ1n) is 6.73. The fourth-order valence-electron chi connectivity index (χ4n) is 2.18. The highest BCUT2D eigenvalue weighted by atomic mass is 79.9. The molecule has 0 aliphatic rings. The summed E-state index contributed by atoms with van der Waals surface area (Å²) in [6, 6.07) is 5.72. The second kappa shape index (κ2) is 7.20. The maximum Gasteiger partial charge on any atom is 0.120 e. The van der Waals surface area contributed by atoms with Crippen molar-refractivity contribution >= 4 is 27.3 Å². The number of nitrogens with one attached hydrogen (secondary N) is 1. The Kier molecular flexibility index (Phi) is 5.57. The van der Waals surface area contributed by atoms with Crippen LogP contribution in [0.2, 0.25) is 0 Å². The molecule has 0 saturated heterocycles. The van der Waals surface area contributed by atoms with Gasteiger partial charge in [0.25, 0.3) is 0 Å². The van der Waals surface area contributed by atoms with Gasteiger partial charge in [-0.15, -0.1) is 11.3 Å². The molecule has 1 aromatic carbocycles. The lowest BCUT2D eigenvalue weighted by Crippen LogP contribution is -2.23. The van der Waals surface area contributed by atoms with Crippen molar-refractivity contribution in [3.63, 3.8) is 0 Å². The second-order valence-corrected chi connectivity index (χ2v) is 6.70. The zero-order chi connectivity index (χ0) is 14.5. The van der Waals surface area contributed by atoms with E-state index in [-0.39, 0.29) is 6.04 Å². The molecule has 0 saturated carbocycles. The lowest BCUT2D eigenvalue weighted by Gasteiger charge is -2.18. The highest BCUT2D eigenvalue weighted by molar-refractivity contribution is 9.10. The molecule has 108 valence electrons. The average Bonchev–Trinajstić information content (AvgIpc) is 2.84. The van der Waals surface area contributed by atoms with Crippen molar-refractivity contribution in [3.8, 4) is 5.75 Å². The molecule has 0 fully saturated rings. The number of aromatic nitrogens is 1. The Balaban J connectivity index is 1.96. The van der Waals surface area contributed by atoms with E-state index in [1.807, 2.05) is 19.1 Å². The first kappa shape index (κ1) is 15.5. The molecule has 0 radical (unpaired) electrons. The standard InChI is InChI=1S/C15H19BrN2OS/c1-3-14(13-8-11(16)4-5-15(13)19)17-7-6-12-9-20-10(2)18-12/h4-5,8-9,14,17,19H,3,6-7H2,1-2H3. The molecule has 5 heteroatoms. The van der Waals surface area contributed by atoms with Crippen LogP contribution in [0.3, 0.4) is 0 Å². The molecule has 0 amide bonds. The van der Waals surface area contributed by atoms with Crippen LogP contribution >= 0.6 is 27.3 Å². The molecule has 2 N–H and O–H groups in total. The molecule has 0 spiro atoms. The van der Waals surface area contributed by atoms with E-state index in [4.69, 9.17) is 0 Å². The highest BCUT2D eigenvalue weighted by Crippen LogP contribution is 2.29. The van der Waals surface area contributed by atoms with Crippen LogP contribution in [0, 0.1) is 6.92 Å². The molecular weight excluding hydrogens is 336 g/mol. The molecule has 1 unspecified atom stereocenters. The van der Waals surface area contributed by atoms with Gasteiger partial charge in [-0.2, -0.15) is 0 Å². The number of nitrogens with zero attached hydrogens (tertiary/aromatic N) is 1. The Morgan fingerprint density at radius 3 is 2.90 bits per heavy atom. The van der Waals surface area contributed by atoms with Gasteiger partial charge in [0, 0.05) is 34.4 Å². The van der Waals surface area contributed by atoms with Crippen molar-refractivity contribution in [2.24, 2.45) is 0 Å². The van der Waals surface area contributed by atoms with Gasteiger partial charge in [0.1, 0.15) is 5.75 Å². The fourth-order valence-corrected chi connectivity index (χ4v) is 3.20. The number of phenols is 1. The highest BCUT2D eigenvalue weighted by Gasteiger charge is 2.13. The van der Waals surface area contributed by atoms with Gasteiger partial charge >= 0.3 is 0 Å². The molecule has 0 aliphatic heterocycles. The van der Waals surface area contributed by atoms with Crippen molar-refractivity contribution in [3.05, 3.63) is 44.3 Å². The third kappa shape index (κ3) is 4.04. The number of rotatable bonds is 6. The Morgan fingerprint density at radius 2 is 2.25 bits per heavy atom. The third-order valence-electron chi connectivity index (χ3n) is 3.21. The topological polar surface area (TPSA) is 45.2 Å². The Hall–Kier alpha value is -0.910. The second-order valence-electron chi connectivity index (χ2n) is 4.73. The summed E-state index contributed by atoms with van der Waals surface area (Å²) in [5.41, 5.74) is 2.07. The fraction of sp³-hybridized carbons (Fsp3) is 0.400. The molecule has 3 nitrogen and oxygen atoms in total. The quantitative estimate of drug-likeness (QED) is 0.816. The molecule has 1 atom stereocenters. The van der Waals surface area contributed by atoms with Gasteiger partial charge in [-0.3, -0.25) is 0 Å². The largest absolute Gasteiger partial charge is 0.508 e. The average molecular weight is 355 g/mol. The lowest BCUT2D eigenvalue weighted by atomic mass is 10.0. The van der Waals surface area contributed by atoms with Crippen LogP contribution in [0.4, 0.5) is 0 Å². The van der Waals surface area contributed by atoms with Gasteiger partial charge in [0.15, 0.2) is 0 Å². The number of hydrogen-bond acceptors (Lipinski definition) is 4. The number of aryl methyl sites for hydroxylation is 1. The maximum absolute atomic E-state index is 9.98. The normalized spacial score (nSPS) is 12.6. The predicted octanol–water partition coefficient (Wildman–Crippen LogP) is 4.20. The van der Waals surface area contributed by atoms with Crippen LogP contribution in [-0.2, 0) is 6.42 Å². The lowest BCUT2D eigenvalue weighted by molar-refractivity contribution is 0.442. The van der Waals surface area contributed by atoms with Crippen LogP contribution in [0.5, 0.6) is 5.75 Å². The zero-order valence-electron chi connectivity index (χ0n) is 11.7. The van der Waals surface area contributed by atoms with E-state index in [9.17, 15) is 5.11 Å². The Labute approximate surface area is 132 Å². The minimum absolute atomic E-state index is 0.159. The molecule has 20 heavy (non-hydrogen) atoms. The van der Waals surface area contributed by atoms with Gasteiger partial charge < -0.3 is 10.4 Å². The molecular formula is C15H19BrN2OS. The van der Waals surface area contributed by atoms with Gasteiger partial charge in [-0.05, 0) is 31.5 Å². The van der Waals surface area contributed by atoms with E-state index in [0.717, 1.165) is 40.1 Å². The van der Waals surface area contributed by atoms with Crippen LogP contribution < -0.4 is 5.32 Å². The van der Waals surface area contributed by atoms with E-state index in [0.29, 0.717) is 5.75 Å². The Bertz CT molecular complexity index is 571. The van der Waals surface area contributed by atoms with E-state index < -0.39 is 0 Å². The number of phenolic OH excluding ortho intramolecular Hbond substituents is 1. The molecule has 0 aliphatic carbocycles. The van der Waals surface area contributed by atoms with Crippen molar-refractivity contribution < 1.29 is 5.11 Å². The first-order valence-corrected chi connectivity index (χ1v) is 8.40. The first-order chi connectivity index (χ1) is 9.60. The molecule has 0 bridgehead atoms. The van der Waals surface area contributed by atoms with Crippen LogP contribution in [0.1, 0.15) is 35.7 Å². The number of hydrogen-bond donors (Lipinski definition) is 2. The number of aromatic hydroxyl groups is 1. The zero-order valence-corrected chi connectivity index (χ0v) is 14.1. The predicted molar refractivity (Wildman–Crippen MR) is 87.4 cm³/mol. The van der Waals surface area contributed by atoms with Crippen LogP contribution in [0.25, 0.3) is 0 Å². The van der Waals surface area contributed by atoms with Crippen LogP contribution in [0.15, 0.2) is 28.1 Å². The van der Waals surface area contributed by atoms with Crippen molar-refractivity contribution in [1.29, 1.82) is 0 Å². The molecule has 2 aromatic rings. The summed E-state index contributed by atoms with van der Waals surface area (Å²) in [5, 5.41) is 16.7. The third-order valence-corrected chi connectivity index (χ3v) is 4.53. The number of halogens is 1. The van der Waals surface area contributed by atoms with Gasteiger partial charge in [0.2, 0.25) is 0 Å². The van der Waals surface area contributed by atoms with Crippen molar-refractivity contribution in [1.82, 2.24) is 10.3 Å². The van der Waals surface area contributed by atoms with E-state index in [2.05, 4.69) is 38.5 Å². The summed E-state index contributed by atoms with van der Waals surface area (Å²) in [7, 11) is 0. The summed E-state index contributed by atoms with van der Waals surface area (Å²) in [6.07, 6.45) is 1.84. The summed E-state index contributed by atoms with van der Waals surface area (Å²) >= 11 is 5.14. The summed E-state index contributed by atoms with van der Waals surface area (Å²) in [6.45, 7) is 4.99. The summed E-state index contributed by atoms with van der Waals surface area (Å²) in [4.78, 5) is 4.46. The van der Waals surface area contributed by atoms with Crippen molar-refractivity contribution in [2.45, 2.75) is 32.7 Å². The van der Waals surface area contributed by atoms with E-state index in [1.165, 1.54) is 0 Å². The monoisotopic (exact) mass is 354 g/mol. The van der Waals surface area contributed by atoms with E-state index in [1.54, 1.807) is 17.4 Å². The summed E-state index contributed by atoms with van der Waals surface area (Å²) in [5.74, 6) is 0.344. The molecule has 1 aromatic heterocycles. The smallest absolute Gasteiger partial charge is 0.120 e. The van der Waals surface area contributed by atoms with Crippen LogP contribution in [-0.4, -0.2) is 16.6 Å². The maximum atomic E-state index is 9.98. The minimum Gasteiger partial charge on any atom is -0.508 e. The number of benzene rings is 1. The molecule has 1 heterocycles. The van der Waals surface area contributed by atoms with Crippen molar-refractivity contribution in [2.75, 3.05) is 6.54 Å². The minimum atomic E-state index is 0.159. The van der Waals surface area contributed by atoms with Gasteiger partial charge in [-0.25, -0.2) is 4.98 Å². The SMILES string of the molecule is CCC(NCCc1csc(C)n1)c1cc(Br)ccc1O. The summed E-state index contributed by atoms with van der Waals surface area (Å²) < 4.78 is 0.987.